The molecule has 1 aliphatic carbocycles. The van der Waals surface area contributed by atoms with Gasteiger partial charge in [-0.15, -0.1) is 0 Å². The first-order chi connectivity index (χ1) is 13.7. The molecule has 1 saturated carbocycles. The third-order valence-electron chi connectivity index (χ3n) is 6.39. The highest BCUT2D eigenvalue weighted by molar-refractivity contribution is 7.80. The zero-order chi connectivity index (χ0) is 19.3. The lowest BCUT2D eigenvalue weighted by Gasteiger charge is -2.35. The smallest absolute Gasteiger partial charge is 0.232 e. The van der Waals surface area contributed by atoms with Crippen molar-refractivity contribution in [3.8, 4) is 0 Å². The van der Waals surface area contributed by atoms with Gasteiger partial charge < -0.3 is 20.4 Å². The van der Waals surface area contributed by atoms with Crippen LogP contribution < -0.4 is 20.4 Å². The second-order valence-electron chi connectivity index (χ2n) is 8.57. The van der Waals surface area contributed by atoms with Crippen molar-refractivity contribution in [1.82, 2.24) is 15.3 Å². The molecule has 4 rings (SSSR count). The summed E-state index contributed by atoms with van der Waals surface area (Å²) < 4.78 is 0. The molecule has 6 nitrogen and oxygen atoms in total. The number of hydrogen-bond acceptors (Lipinski definition) is 5. The summed E-state index contributed by atoms with van der Waals surface area (Å²) in [6.07, 6.45) is 12.6. The van der Waals surface area contributed by atoms with Crippen molar-refractivity contribution in [2.45, 2.75) is 83.2 Å². The fraction of sp³-hybridized carbons (Fsp3) is 0.762. The van der Waals surface area contributed by atoms with Gasteiger partial charge in [0.05, 0.1) is 0 Å². The number of piperidine rings is 2. The summed E-state index contributed by atoms with van der Waals surface area (Å²) in [6, 6.07) is 3.20. The Morgan fingerprint density at radius 1 is 0.929 bits per heavy atom. The first-order valence-corrected chi connectivity index (χ1v) is 11.6. The highest BCUT2D eigenvalue weighted by Gasteiger charge is 2.23. The van der Waals surface area contributed by atoms with Crippen LogP contribution in [-0.2, 0) is 0 Å². The largest absolute Gasteiger partial charge is 0.360 e. The summed E-state index contributed by atoms with van der Waals surface area (Å²) in [6.45, 7) is 5.54. The van der Waals surface area contributed by atoms with Crippen LogP contribution in [0, 0.1) is 0 Å². The maximum atomic E-state index is 5.57. The zero-order valence-corrected chi connectivity index (χ0v) is 17.9. The van der Waals surface area contributed by atoms with Crippen molar-refractivity contribution >= 4 is 34.9 Å². The molecule has 0 unspecified atom stereocenters. The molecule has 28 heavy (non-hydrogen) atoms. The lowest BCUT2D eigenvalue weighted by Crippen LogP contribution is -2.39. The van der Waals surface area contributed by atoms with Gasteiger partial charge in [0.2, 0.25) is 5.95 Å². The summed E-state index contributed by atoms with van der Waals surface area (Å²) in [7, 11) is 0. The predicted octanol–water partition coefficient (Wildman–Crippen LogP) is 4.07. The molecule has 0 radical (unpaired) electrons. The van der Waals surface area contributed by atoms with Crippen molar-refractivity contribution in [2.24, 2.45) is 0 Å². The fourth-order valence-electron chi connectivity index (χ4n) is 4.74. The molecule has 3 fully saturated rings. The average Bonchev–Trinajstić information content (AvgIpc) is 3.21. The van der Waals surface area contributed by atoms with Crippen molar-refractivity contribution in [2.75, 3.05) is 34.8 Å². The highest BCUT2D eigenvalue weighted by Crippen LogP contribution is 2.28. The molecule has 0 bridgehead atoms. The lowest BCUT2D eigenvalue weighted by atomic mass is 10.0. The molecule has 154 valence electrons. The van der Waals surface area contributed by atoms with Crippen molar-refractivity contribution in [3.05, 3.63) is 6.07 Å². The summed E-state index contributed by atoms with van der Waals surface area (Å²) in [4.78, 5) is 14.6. The van der Waals surface area contributed by atoms with E-state index in [0.717, 1.165) is 31.3 Å². The molecule has 1 atom stereocenters. The number of hydrogen-bond donors (Lipinski definition) is 2. The molecule has 0 spiro atoms. The van der Waals surface area contributed by atoms with E-state index in [1.165, 1.54) is 64.2 Å². The van der Waals surface area contributed by atoms with Crippen LogP contribution >= 0.6 is 12.2 Å². The molecule has 2 aliphatic heterocycles. The van der Waals surface area contributed by atoms with E-state index in [1.807, 2.05) is 0 Å². The van der Waals surface area contributed by atoms with Crippen molar-refractivity contribution < 1.29 is 0 Å². The predicted molar refractivity (Wildman–Crippen MR) is 120 cm³/mol. The summed E-state index contributed by atoms with van der Waals surface area (Å²) in [5.41, 5.74) is 0. The third kappa shape index (κ3) is 4.85. The molecular formula is C21H34N6S. The molecule has 1 aromatic rings. The quantitative estimate of drug-likeness (QED) is 0.736. The maximum absolute atomic E-state index is 5.57. The molecule has 3 heterocycles. The van der Waals surface area contributed by atoms with E-state index in [0.29, 0.717) is 23.1 Å². The van der Waals surface area contributed by atoms with Gasteiger partial charge in [-0.05, 0) is 70.5 Å². The van der Waals surface area contributed by atoms with E-state index in [4.69, 9.17) is 22.2 Å². The van der Waals surface area contributed by atoms with Crippen LogP contribution in [0.5, 0.6) is 0 Å². The molecule has 2 saturated heterocycles. The van der Waals surface area contributed by atoms with Crippen LogP contribution in [0.15, 0.2) is 6.07 Å². The summed E-state index contributed by atoms with van der Waals surface area (Å²) >= 11 is 5.57. The normalized spacial score (nSPS) is 23.7. The summed E-state index contributed by atoms with van der Waals surface area (Å²) in [5, 5.41) is 7.39. The minimum Gasteiger partial charge on any atom is -0.360 e. The van der Waals surface area contributed by atoms with Crippen molar-refractivity contribution in [3.63, 3.8) is 0 Å². The number of aromatic nitrogens is 2. The van der Waals surface area contributed by atoms with Crippen LogP contribution in [0.3, 0.4) is 0 Å². The fourth-order valence-corrected chi connectivity index (χ4v) is 5.00. The molecule has 7 heteroatoms. The second kappa shape index (κ2) is 9.25. The minimum atomic E-state index is 0.492. The van der Waals surface area contributed by atoms with Gasteiger partial charge in [-0.25, -0.2) is 0 Å². The van der Waals surface area contributed by atoms with Gasteiger partial charge in [0.15, 0.2) is 5.11 Å². The van der Waals surface area contributed by atoms with Crippen LogP contribution in [-0.4, -0.2) is 46.8 Å². The number of nitrogens with zero attached hydrogens (tertiary/aromatic N) is 4. The zero-order valence-electron chi connectivity index (χ0n) is 17.1. The number of thiocarbonyl (C=S) groups is 1. The van der Waals surface area contributed by atoms with Crippen LogP contribution in [0.1, 0.15) is 71.1 Å². The first kappa shape index (κ1) is 19.7. The molecule has 3 aliphatic rings. The van der Waals surface area contributed by atoms with Gasteiger partial charge in [0, 0.05) is 37.8 Å². The Labute approximate surface area is 174 Å². The number of anilines is 3. The maximum Gasteiger partial charge on any atom is 0.232 e. The first-order valence-electron chi connectivity index (χ1n) is 11.2. The van der Waals surface area contributed by atoms with E-state index in [2.05, 4.69) is 33.4 Å². The SMILES string of the molecule is C[C@@H]1CCCCN1c1cc(N2CCCCC2)nc(NC(=S)NC2CCCC2)n1. The van der Waals surface area contributed by atoms with Crippen LogP contribution in [0.4, 0.5) is 17.6 Å². The van der Waals surface area contributed by atoms with E-state index in [9.17, 15) is 0 Å². The van der Waals surface area contributed by atoms with Gasteiger partial charge in [0.1, 0.15) is 11.6 Å². The molecule has 2 N–H and O–H groups in total. The summed E-state index contributed by atoms with van der Waals surface area (Å²) in [5.74, 6) is 2.70. The van der Waals surface area contributed by atoms with E-state index in [-0.39, 0.29) is 0 Å². The van der Waals surface area contributed by atoms with E-state index in [1.54, 1.807) is 0 Å². The Morgan fingerprint density at radius 3 is 2.36 bits per heavy atom. The van der Waals surface area contributed by atoms with Crippen molar-refractivity contribution in [1.29, 1.82) is 0 Å². The third-order valence-corrected chi connectivity index (χ3v) is 6.61. The average molecular weight is 403 g/mol. The minimum absolute atomic E-state index is 0.492. The Morgan fingerprint density at radius 2 is 1.61 bits per heavy atom. The molecule has 0 amide bonds. The van der Waals surface area contributed by atoms with Gasteiger partial charge in [0.25, 0.3) is 0 Å². The van der Waals surface area contributed by atoms with Crippen LogP contribution in [0.25, 0.3) is 0 Å². The van der Waals surface area contributed by atoms with Gasteiger partial charge in [-0.3, -0.25) is 0 Å². The van der Waals surface area contributed by atoms with Gasteiger partial charge in [-0.1, -0.05) is 12.8 Å². The second-order valence-corrected chi connectivity index (χ2v) is 8.98. The Balaban J connectivity index is 1.54. The Bertz CT molecular complexity index is 669. The monoisotopic (exact) mass is 402 g/mol. The molecule has 1 aromatic heterocycles. The standard InChI is InChI=1S/C21H34N6S/c1-16-9-5-8-14-27(16)19-15-18(26-12-6-2-7-13-26)23-20(24-19)25-21(28)22-17-10-3-4-11-17/h15-17H,2-14H2,1H3,(H2,22,23,24,25,28)/t16-/m1/s1. The Hall–Kier alpha value is -1.63. The highest BCUT2D eigenvalue weighted by atomic mass is 32.1. The van der Waals surface area contributed by atoms with Crippen LogP contribution in [0.2, 0.25) is 0 Å². The Kier molecular flexibility index (Phi) is 6.50. The number of nitrogens with one attached hydrogen (secondary N) is 2. The van der Waals surface area contributed by atoms with E-state index >= 15 is 0 Å². The lowest BCUT2D eigenvalue weighted by molar-refractivity contribution is 0.481. The molecular weight excluding hydrogens is 368 g/mol. The van der Waals surface area contributed by atoms with Gasteiger partial charge >= 0.3 is 0 Å². The topological polar surface area (TPSA) is 56.3 Å². The van der Waals surface area contributed by atoms with Gasteiger partial charge in [-0.2, -0.15) is 9.97 Å². The molecule has 0 aromatic carbocycles. The van der Waals surface area contributed by atoms with E-state index < -0.39 is 0 Å². The number of rotatable bonds is 4.